The number of nitrogens with zero attached hydrogens (tertiary/aromatic N) is 3. The Balaban J connectivity index is 1.96. The number of rotatable bonds is 9. The molecule has 1 aromatic carbocycles. The predicted octanol–water partition coefficient (Wildman–Crippen LogP) is 2.01. The molecule has 2 amide bonds. The molecule has 0 saturated carbocycles. The molecule has 0 aliphatic carbocycles. The van der Waals surface area contributed by atoms with Crippen LogP contribution in [0.15, 0.2) is 28.7 Å². The topological polar surface area (TPSA) is 93.1 Å². The van der Waals surface area contributed by atoms with Gasteiger partial charge in [-0.25, -0.2) is 10.4 Å². The number of aryl methyl sites for hydroxylation is 1. The highest BCUT2D eigenvalue weighted by Crippen LogP contribution is 2.28. The van der Waals surface area contributed by atoms with E-state index in [-0.39, 0.29) is 24.8 Å². The summed E-state index contributed by atoms with van der Waals surface area (Å²) >= 11 is 1.44. The minimum Gasteiger partial charge on any atom is -0.490 e. The minimum atomic E-state index is -0.238. The highest BCUT2D eigenvalue weighted by atomic mass is 32.1. The number of hydrogen-bond donors (Lipinski definition) is 1. The number of likely N-dealkylation sites (N-methyl/N-ethyl adjacent to an activating group) is 1. The minimum absolute atomic E-state index is 0.0766. The number of thiazole rings is 1. The van der Waals surface area contributed by atoms with Crippen molar-refractivity contribution in [3.63, 3.8) is 0 Å². The molecule has 1 N–H and O–H groups in total. The van der Waals surface area contributed by atoms with Crippen LogP contribution in [0.2, 0.25) is 0 Å². The lowest BCUT2D eigenvalue weighted by Gasteiger charge is -2.14. The third kappa shape index (κ3) is 6.66. The molecule has 0 bridgehead atoms. The zero-order valence-electron chi connectivity index (χ0n) is 16.4. The van der Waals surface area contributed by atoms with Crippen LogP contribution < -0.4 is 14.9 Å². The van der Waals surface area contributed by atoms with Crippen molar-refractivity contribution >= 4 is 29.4 Å². The Kier molecular flexibility index (Phi) is 7.94. The molecule has 0 aliphatic rings. The van der Waals surface area contributed by atoms with Gasteiger partial charge in [0.15, 0.2) is 18.1 Å². The average Bonchev–Trinajstić information content (AvgIpc) is 3.05. The lowest BCUT2D eigenvalue weighted by Crippen LogP contribution is -2.27. The molecule has 9 heteroatoms. The first kappa shape index (κ1) is 21.4. The second-order valence-corrected chi connectivity index (χ2v) is 7.01. The second-order valence-electron chi connectivity index (χ2n) is 6.07. The van der Waals surface area contributed by atoms with Gasteiger partial charge in [-0.3, -0.25) is 9.59 Å². The Bertz CT molecular complexity index is 848. The highest BCUT2D eigenvalue weighted by molar-refractivity contribution is 7.09. The van der Waals surface area contributed by atoms with Crippen molar-refractivity contribution in [3.8, 4) is 11.5 Å². The summed E-state index contributed by atoms with van der Waals surface area (Å²) in [6.45, 7) is 4.11. The first-order chi connectivity index (χ1) is 13.4. The molecular weight excluding hydrogens is 380 g/mol. The maximum Gasteiger partial charge on any atom is 0.259 e. The molecule has 0 radical (unpaired) electrons. The Morgan fingerprint density at radius 1 is 1.29 bits per heavy atom. The smallest absolute Gasteiger partial charge is 0.259 e. The van der Waals surface area contributed by atoms with E-state index in [1.807, 2.05) is 19.2 Å². The molecule has 1 heterocycles. The van der Waals surface area contributed by atoms with Crippen LogP contribution in [0.4, 0.5) is 0 Å². The largest absolute Gasteiger partial charge is 0.490 e. The van der Waals surface area contributed by atoms with Crippen molar-refractivity contribution in [2.24, 2.45) is 5.10 Å². The number of benzene rings is 1. The van der Waals surface area contributed by atoms with Crippen molar-refractivity contribution in [2.75, 3.05) is 27.3 Å². The number of carbonyl (C=O) groups excluding carboxylic acids is 2. The van der Waals surface area contributed by atoms with E-state index in [4.69, 9.17) is 9.47 Å². The standard InChI is InChI=1S/C19H24N4O4S/c1-5-26-16-8-14(6-7-15(16)27-11-19(25)23(3)4)10-20-22-17(24)9-18-21-13(2)12-28-18/h6-8,10,12H,5,9,11H2,1-4H3,(H,22,24)/b20-10-. The van der Waals surface area contributed by atoms with Gasteiger partial charge in [0.05, 0.1) is 19.2 Å². The summed E-state index contributed by atoms with van der Waals surface area (Å²) in [5.41, 5.74) is 4.10. The fourth-order valence-corrected chi connectivity index (χ4v) is 2.87. The summed E-state index contributed by atoms with van der Waals surface area (Å²) in [4.78, 5) is 29.3. The Morgan fingerprint density at radius 3 is 2.71 bits per heavy atom. The molecule has 2 rings (SSSR count). The fourth-order valence-electron chi connectivity index (χ4n) is 2.10. The Morgan fingerprint density at radius 2 is 2.07 bits per heavy atom. The fraction of sp³-hybridized carbons (Fsp3) is 0.368. The van der Waals surface area contributed by atoms with Crippen LogP contribution in [-0.4, -0.2) is 55.2 Å². The van der Waals surface area contributed by atoms with Crippen molar-refractivity contribution in [1.82, 2.24) is 15.3 Å². The molecular formula is C19H24N4O4S. The summed E-state index contributed by atoms with van der Waals surface area (Å²) in [6, 6.07) is 5.20. The quantitative estimate of drug-likeness (QED) is 0.510. The highest BCUT2D eigenvalue weighted by Gasteiger charge is 2.10. The van der Waals surface area contributed by atoms with Gasteiger partial charge < -0.3 is 14.4 Å². The summed E-state index contributed by atoms with van der Waals surface area (Å²) in [5.74, 6) is 0.587. The molecule has 0 atom stereocenters. The Labute approximate surface area is 168 Å². The van der Waals surface area contributed by atoms with Gasteiger partial charge in [-0.2, -0.15) is 5.10 Å². The Hall–Kier alpha value is -2.94. The zero-order valence-corrected chi connectivity index (χ0v) is 17.2. The van der Waals surface area contributed by atoms with Crippen molar-refractivity contribution in [1.29, 1.82) is 0 Å². The monoisotopic (exact) mass is 404 g/mol. The predicted molar refractivity (Wildman–Crippen MR) is 108 cm³/mol. The maximum atomic E-state index is 11.9. The number of hydrogen-bond acceptors (Lipinski definition) is 7. The molecule has 28 heavy (non-hydrogen) atoms. The second kappa shape index (κ2) is 10.4. The number of hydrazone groups is 1. The molecule has 8 nitrogen and oxygen atoms in total. The van der Waals surface area contributed by atoms with E-state index in [0.29, 0.717) is 18.1 Å². The van der Waals surface area contributed by atoms with E-state index in [9.17, 15) is 9.59 Å². The van der Waals surface area contributed by atoms with Crippen LogP contribution in [-0.2, 0) is 16.0 Å². The van der Waals surface area contributed by atoms with E-state index in [2.05, 4.69) is 15.5 Å². The van der Waals surface area contributed by atoms with Gasteiger partial charge in [0, 0.05) is 25.2 Å². The van der Waals surface area contributed by atoms with Gasteiger partial charge >= 0.3 is 0 Å². The van der Waals surface area contributed by atoms with Crippen LogP contribution in [0.25, 0.3) is 0 Å². The van der Waals surface area contributed by atoms with E-state index in [0.717, 1.165) is 16.3 Å². The van der Waals surface area contributed by atoms with Crippen LogP contribution in [0, 0.1) is 6.92 Å². The molecule has 0 unspecified atom stereocenters. The lowest BCUT2D eigenvalue weighted by atomic mass is 10.2. The first-order valence-electron chi connectivity index (χ1n) is 8.71. The number of amides is 2. The lowest BCUT2D eigenvalue weighted by molar-refractivity contribution is -0.130. The van der Waals surface area contributed by atoms with E-state index >= 15 is 0 Å². The summed E-state index contributed by atoms with van der Waals surface area (Å²) < 4.78 is 11.1. The number of ether oxygens (including phenoxy) is 2. The number of aromatic nitrogens is 1. The third-order valence-electron chi connectivity index (χ3n) is 3.50. The van der Waals surface area contributed by atoms with Gasteiger partial charge in [-0.15, -0.1) is 11.3 Å². The normalized spacial score (nSPS) is 10.7. The molecule has 150 valence electrons. The van der Waals surface area contributed by atoms with Crippen molar-refractivity contribution in [3.05, 3.63) is 39.8 Å². The van der Waals surface area contributed by atoms with Gasteiger partial charge in [-0.1, -0.05) is 0 Å². The van der Waals surface area contributed by atoms with Gasteiger partial charge in [0.25, 0.3) is 5.91 Å². The average molecular weight is 404 g/mol. The molecule has 0 spiro atoms. The van der Waals surface area contributed by atoms with Crippen LogP contribution >= 0.6 is 11.3 Å². The van der Waals surface area contributed by atoms with Crippen LogP contribution in [0.5, 0.6) is 11.5 Å². The molecule has 0 fully saturated rings. The van der Waals surface area contributed by atoms with E-state index in [1.54, 1.807) is 32.3 Å². The third-order valence-corrected chi connectivity index (χ3v) is 4.47. The summed E-state index contributed by atoms with van der Waals surface area (Å²) in [7, 11) is 3.33. The van der Waals surface area contributed by atoms with Crippen molar-refractivity contribution in [2.45, 2.75) is 20.3 Å². The van der Waals surface area contributed by atoms with Crippen LogP contribution in [0.3, 0.4) is 0 Å². The first-order valence-corrected chi connectivity index (χ1v) is 9.59. The van der Waals surface area contributed by atoms with Crippen LogP contribution in [0.1, 0.15) is 23.2 Å². The molecule has 0 aliphatic heterocycles. The molecule has 1 aromatic heterocycles. The van der Waals surface area contributed by atoms with Gasteiger partial charge in [0.2, 0.25) is 5.91 Å². The van der Waals surface area contributed by atoms with Gasteiger partial charge in [-0.05, 0) is 37.6 Å². The van der Waals surface area contributed by atoms with Crippen molar-refractivity contribution < 1.29 is 19.1 Å². The number of carbonyl (C=O) groups is 2. The molecule has 2 aromatic rings. The SMILES string of the molecule is CCOc1cc(/C=N\NC(=O)Cc2nc(C)cs2)ccc1OCC(=O)N(C)C. The summed E-state index contributed by atoms with van der Waals surface area (Å²) in [5, 5.41) is 6.62. The zero-order chi connectivity index (χ0) is 20.5. The van der Waals surface area contributed by atoms with E-state index < -0.39 is 0 Å². The molecule has 0 saturated heterocycles. The van der Waals surface area contributed by atoms with Gasteiger partial charge in [0.1, 0.15) is 5.01 Å². The number of nitrogens with one attached hydrogen (secondary N) is 1. The maximum absolute atomic E-state index is 11.9. The summed E-state index contributed by atoms with van der Waals surface area (Å²) in [6.07, 6.45) is 1.70. The van der Waals surface area contributed by atoms with E-state index in [1.165, 1.54) is 22.5 Å².